The van der Waals surface area contributed by atoms with Gasteiger partial charge in [-0.3, -0.25) is 19.3 Å². The molecule has 0 fully saturated rings. The number of esters is 1. The number of nitrogens with one attached hydrogen (secondary N) is 1. The summed E-state index contributed by atoms with van der Waals surface area (Å²) in [7, 11) is 0. The number of carbonyl (C=O) groups is 3. The lowest BCUT2D eigenvalue weighted by Gasteiger charge is -2.18. The van der Waals surface area contributed by atoms with Crippen molar-refractivity contribution < 1.29 is 19.1 Å². The molecule has 18 heavy (non-hydrogen) atoms. The van der Waals surface area contributed by atoms with Crippen molar-refractivity contribution in [2.45, 2.75) is 27.2 Å². The molecule has 6 heteroatoms. The number of nitrogens with zero attached hydrogens (tertiary/aromatic N) is 1. The fourth-order valence-corrected chi connectivity index (χ4v) is 1.41. The van der Waals surface area contributed by atoms with Crippen molar-refractivity contribution in [2.75, 3.05) is 32.8 Å². The van der Waals surface area contributed by atoms with Crippen molar-refractivity contribution in [3.63, 3.8) is 0 Å². The molecule has 0 radical (unpaired) electrons. The molecule has 0 aliphatic heterocycles. The first-order valence-electron chi connectivity index (χ1n) is 6.19. The summed E-state index contributed by atoms with van der Waals surface area (Å²) in [6, 6.07) is 0. The summed E-state index contributed by atoms with van der Waals surface area (Å²) in [4.78, 5) is 35.7. The van der Waals surface area contributed by atoms with E-state index in [2.05, 4.69) is 10.1 Å². The van der Waals surface area contributed by atoms with Gasteiger partial charge in [-0.25, -0.2) is 0 Å². The van der Waals surface area contributed by atoms with E-state index >= 15 is 0 Å². The van der Waals surface area contributed by atoms with Crippen molar-refractivity contribution in [1.29, 1.82) is 0 Å². The van der Waals surface area contributed by atoms with E-state index in [4.69, 9.17) is 0 Å². The number of hydrogen-bond acceptors (Lipinski definition) is 5. The lowest BCUT2D eigenvalue weighted by molar-refractivity contribution is -0.145. The molecule has 0 aliphatic rings. The highest BCUT2D eigenvalue weighted by Crippen LogP contribution is 1.94. The minimum Gasteiger partial charge on any atom is -0.466 e. The maximum atomic E-state index is 11.6. The second-order valence-electron chi connectivity index (χ2n) is 3.78. The lowest BCUT2D eigenvalue weighted by Crippen LogP contribution is -2.40. The van der Waals surface area contributed by atoms with Gasteiger partial charge in [-0.15, -0.1) is 0 Å². The average molecular weight is 258 g/mol. The second kappa shape index (κ2) is 9.58. The largest absolute Gasteiger partial charge is 0.466 e. The Labute approximate surface area is 108 Å². The van der Waals surface area contributed by atoms with Crippen LogP contribution in [0.25, 0.3) is 0 Å². The molecule has 0 atom stereocenters. The molecule has 6 nitrogen and oxygen atoms in total. The van der Waals surface area contributed by atoms with E-state index in [-0.39, 0.29) is 37.8 Å². The van der Waals surface area contributed by atoms with Gasteiger partial charge < -0.3 is 10.1 Å². The van der Waals surface area contributed by atoms with E-state index in [0.717, 1.165) is 0 Å². The lowest BCUT2D eigenvalue weighted by atomic mass is 10.2. The predicted octanol–water partition coefficient (Wildman–Crippen LogP) is -0.0333. The highest BCUT2D eigenvalue weighted by atomic mass is 16.5. The molecule has 0 aromatic rings. The van der Waals surface area contributed by atoms with E-state index in [1.54, 1.807) is 11.8 Å². The number of rotatable bonds is 9. The molecule has 1 amide bonds. The van der Waals surface area contributed by atoms with Gasteiger partial charge in [0.25, 0.3) is 0 Å². The molecule has 0 spiro atoms. The Morgan fingerprint density at radius 2 is 1.78 bits per heavy atom. The smallest absolute Gasteiger partial charge is 0.313 e. The number of ether oxygens (including phenoxy) is 1. The number of likely N-dealkylation sites (N-methyl/N-ethyl adjacent to an activating group) is 2. The molecule has 0 bridgehead atoms. The van der Waals surface area contributed by atoms with Crippen LogP contribution in [0.2, 0.25) is 0 Å². The highest BCUT2D eigenvalue weighted by molar-refractivity contribution is 5.96. The fourth-order valence-electron chi connectivity index (χ4n) is 1.41. The zero-order valence-electron chi connectivity index (χ0n) is 11.3. The summed E-state index contributed by atoms with van der Waals surface area (Å²) in [6.07, 6.45) is -0.236. The first kappa shape index (κ1) is 16.6. The van der Waals surface area contributed by atoms with Crippen LogP contribution in [0.1, 0.15) is 27.2 Å². The Kier molecular flexibility index (Phi) is 8.82. The predicted molar refractivity (Wildman–Crippen MR) is 67.1 cm³/mol. The first-order chi connectivity index (χ1) is 8.53. The van der Waals surface area contributed by atoms with E-state index in [1.165, 1.54) is 0 Å². The van der Waals surface area contributed by atoms with Crippen LogP contribution in [0.4, 0.5) is 0 Å². The van der Waals surface area contributed by atoms with Gasteiger partial charge in [-0.1, -0.05) is 6.92 Å². The summed E-state index contributed by atoms with van der Waals surface area (Å²) in [6.45, 7) is 7.04. The standard InChI is InChI=1S/C12H22N2O4/c1-4-13-11(16)9-14(5-2)8-10(15)7-12(17)18-6-3/h4-9H2,1-3H3,(H,13,16). The maximum Gasteiger partial charge on any atom is 0.313 e. The van der Waals surface area contributed by atoms with E-state index < -0.39 is 5.97 Å². The Hall–Kier alpha value is -1.43. The Bertz CT molecular complexity index is 292. The van der Waals surface area contributed by atoms with Crippen molar-refractivity contribution in [3.05, 3.63) is 0 Å². The molecule has 0 heterocycles. The third kappa shape index (κ3) is 7.78. The monoisotopic (exact) mass is 258 g/mol. The van der Waals surface area contributed by atoms with Gasteiger partial charge in [-0.05, 0) is 20.4 Å². The minimum atomic E-state index is -0.517. The van der Waals surface area contributed by atoms with Crippen LogP contribution in [-0.2, 0) is 19.1 Å². The van der Waals surface area contributed by atoms with Crippen LogP contribution in [0.3, 0.4) is 0 Å². The zero-order valence-corrected chi connectivity index (χ0v) is 11.3. The van der Waals surface area contributed by atoms with Gasteiger partial charge in [0.15, 0.2) is 5.78 Å². The van der Waals surface area contributed by atoms with Crippen LogP contribution < -0.4 is 5.32 Å². The van der Waals surface area contributed by atoms with Gasteiger partial charge in [0.1, 0.15) is 6.42 Å². The highest BCUT2D eigenvalue weighted by Gasteiger charge is 2.15. The fraction of sp³-hybridized carbons (Fsp3) is 0.750. The molecule has 0 rings (SSSR count). The van der Waals surface area contributed by atoms with Crippen LogP contribution in [-0.4, -0.2) is 55.3 Å². The van der Waals surface area contributed by atoms with E-state index in [1.807, 2.05) is 13.8 Å². The molecule has 1 N–H and O–H groups in total. The van der Waals surface area contributed by atoms with E-state index in [0.29, 0.717) is 13.1 Å². The quantitative estimate of drug-likeness (QED) is 0.464. The SMILES string of the molecule is CCNC(=O)CN(CC)CC(=O)CC(=O)OCC. The summed E-state index contributed by atoms with van der Waals surface area (Å²) >= 11 is 0. The van der Waals surface area contributed by atoms with Crippen LogP contribution in [0, 0.1) is 0 Å². The van der Waals surface area contributed by atoms with Crippen molar-refractivity contribution >= 4 is 17.7 Å². The minimum absolute atomic E-state index is 0.0897. The third-order valence-corrected chi connectivity index (χ3v) is 2.24. The average Bonchev–Trinajstić information content (AvgIpc) is 2.28. The number of ketones is 1. The third-order valence-electron chi connectivity index (χ3n) is 2.24. The van der Waals surface area contributed by atoms with Gasteiger partial charge in [0.05, 0.1) is 19.7 Å². The second-order valence-corrected chi connectivity index (χ2v) is 3.78. The van der Waals surface area contributed by atoms with Crippen LogP contribution in [0.5, 0.6) is 0 Å². The summed E-state index contributed by atoms with van der Waals surface area (Å²) < 4.78 is 4.69. The number of hydrogen-bond donors (Lipinski definition) is 1. The van der Waals surface area contributed by atoms with Crippen molar-refractivity contribution in [2.24, 2.45) is 0 Å². The molecule has 0 saturated carbocycles. The Balaban J connectivity index is 4.07. The number of amides is 1. The number of Topliss-reactive ketones (excluding diaryl/α,β-unsaturated/α-hetero) is 1. The summed E-state index contributed by atoms with van der Waals surface area (Å²) in [5, 5.41) is 2.66. The normalized spacial score (nSPS) is 10.2. The molecular weight excluding hydrogens is 236 g/mol. The van der Waals surface area contributed by atoms with Crippen molar-refractivity contribution in [1.82, 2.24) is 10.2 Å². The van der Waals surface area contributed by atoms with E-state index in [9.17, 15) is 14.4 Å². The summed E-state index contributed by atoms with van der Waals surface area (Å²) in [5.41, 5.74) is 0. The Morgan fingerprint density at radius 1 is 1.11 bits per heavy atom. The number of carbonyl (C=O) groups excluding carboxylic acids is 3. The molecule has 0 aliphatic carbocycles. The van der Waals surface area contributed by atoms with Gasteiger partial charge in [0, 0.05) is 6.54 Å². The molecule has 0 saturated heterocycles. The zero-order chi connectivity index (χ0) is 14.0. The topological polar surface area (TPSA) is 75.7 Å². The molecular formula is C12H22N2O4. The maximum absolute atomic E-state index is 11.6. The van der Waals surface area contributed by atoms with Gasteiger partial charge in [0.2, 0.25) is 5.91 Å². The Morgan fingerprint density at radius 3 is 2.28 bits per heavy atom. The van der Waals surface area contributed by atoms with Crippen molar-refractivity contribution in [3.8, 4) is 0 Å². The molecule has 0 aromatic heterocycles. The van der Waals surface area contributed by atoms with Crippen LogP contribution >= 0.6 is 0 Å². The first-order valence-corrected chi connectivity index (χ1v) is 6.19. The van der Waals surface area contributed by atoms with Crippen LogP contribution in [0.15, 0.2) is 0 Å². The molecule has 0 unspecified atom stereocenters. The van der Waals surface area contributed by atoms with Gasteiger partial charge >= 0.3 is 5.97 Å². The van der Waals surface area contributed by atoms with Gasteiger partial charge in [-0.2, -0.15) is 0 Å². The molecule has 0 aromatic carbocycles. The molecule has 104 valence electrons. The summed E-state index contributed by atoms with van der Waals surface area (Å²) in [5.74, 6) is -0.876.